The van der Waals surface area contributed by atoms with Crippen LogP contribution >= 0.6 is 0 Å². The molecule has 0 amide bonds. The molecule has 1 saturated carbocycles. The lowest BCUT2D eigenvalue weighted by Crippen LogP contribution is -2.37. The van der Waals surface area contributed by atoms with Gasteiger partial charge in [0.1, 0.15) is 5.82 Å². The van der Waals surface area contributed by atoms with Crippen molar-refractivity contribution in [3.8, 4) is 0 Å². The van der Waals surface area contributed by atoms with Crippen LogP contribution in [-0.2, 0) is 0 Å². The van der Waals surface area contributed by atoms with Gasteiger partial charge < -0.3 is 15.3 Å². The summed E-state index contributed by atoms with van der Waals surface area (Å²) in [5.74, 6) is 2.29. The van der Waals surface area contributed by atoms with E-state index in [1.807, 2.05) is 0 Å². The van der Waals surface area contributed by atoms with Crippen LogP contribution in [0.25, 0.3) is 0 Å². The van der Waals surface area contributed by atoms with E-state index >= 15 is 0 Å². The molecule has 5 heteroatoms. The topological polar surface area (TPSA) is 65.5 Å². The molecular formula is C23H29N3O2. The summed E-state index contributed by atoms with van der Waals surface area (Å²) in [6.45, 7) is 4.09. The lowest BCUT2D eigenvalue weighted by atomic mass is 9.90. The number of carbonyl (C=O) groups is 1. The first kappa shape index (κ1) is 18.9. The average Bonchev–Trinajstić information content (AvgIpc) is 3.49. The molecule has 1 aliphatic heterocycles. The van der Waals surface area contributed by atoms with Gasteiger partial charge in [-0.2, -0.15) is 0 Å². The number of anilines is 1. The third kappa shape index (κ3) is 4.90. The predicted octanol–water partition coefficient (Wildman–Crippen LogP) is 4.10. The molecule has 1 aromatic heterocycles. The van der Waals surface area contributed by atoms with Crippen LogP contribution in [0, 0.1) is 11.8 Å². The van der Waals surface area contributed by atoms with E-state index in [4.69, 9.17) is 5.11 Å². The number of nitrogens with zero attached hydrogens (tertiary/aromatic N) is 2. The Morgan fingerprint density at radius 3 is 2.71 bits per heavy atom. The number of hydrogen-bond donors (Lipinski definition) is 2. The van der Waals surface area contributed by atoms with Crippen molar-refractivity contribution in [3.63, 3.8) is 0 Å². The molecule has 2 atom stereocenters. The number of rotatable bonds is 8. The van der Waals surface area contributed by atoms with Crippen molar-refractivity contribution in [2.24, 2.45) is 11.8 Å². The number of aromatic carboxylic acids is 1. The number of aromatic nitrogens is 1. The Bertz CT molecular complexity index is 787. The SMILES string of the molecule is O=C(O)c1ccnc(NCCN2CCC(C[C@@H]3C[C@H]3c3ccccc3)CC2)c1. The first-order chi connectivity index (χ1) is 13.7. The maximum absolute atomic E-state index is 11.0. The molecule has 0 bridgehead atoms. The van der Waals surface area contributed by atoms with Crippen molar-refractivity contribution < 1.29 is 9.90 Å². The highest BCUT2D eigenvalue weighted by molar-refractivity contribution is 5.88. The molecular weight excluding hydrogens is 350 g/mol. The minimum absolute atomic E-state index is 0.271. The molecule has 2 aliphatic rings. The van der Waals surface area contributed by atoms with E-state index in [2.05, 4.69) is 45.5 Å². The minimum Gasteiger partial charge on any atom is -0.478 e. The molecule has 1 aliphatic carbocycles. The number of pyridine rings is 1. The van der Waals surface area contributed by atoms with Crippen molar-refractivity contribution in [2.45, 2.75) is 31.6 Å². The Morgan fingerprint density at radius 2 is 1.96 bits per heavy atom. The fourth-order valence-corrected chi connectivity index (χ4v) is 4.49. The van der Waals surface area contributed by atoms with E-state index in [9.17, 15) is 4.79 Å². The van der Waals surface area contributed by atoms with E-state index in [0.29, 0.717) is 5.82 Å². The van der Waals surface area contributed by atoms with Crippen molar-refractivity contribution in [1.29, 1.82) is 0 Å². The summed E-state index contributed by atoms with van der Waals surface area (Å²) in [4.78, 5) is 17.7. The molecule has 2 fully saturated rings. The molecule has 4 rings (SSSR count). The zero-order chi connectivity index (χ0) is 19.3. The van der Waals surface area contributed by atoms with Gasteiger partial charge in [0.05, 0.1) is 5.56 Å². The Labute approximate surface area is 166 Å². The molecule has 2 aromatic rings. The number of likely N-dealkylation sites (tertiary alicyclic amines) is 1. The summed E-state index contributed by atoms with van der Waals surface area (Å²) in [5.41, 5.74) is 1.80. The largest absolute Gasteiger partial charge is 0.478 e. The van der Waals surface area contributed by atoms with Gasteiger partial charge in [0.15, 0.2) is 0 Å². The minimum atomic E-state index is -0.919. The van der Waals surface area contributed by atoms with Gasteiger partial charge in [0.2, 0.25) is 0 Å². The molecule has 28 heavy (non-hydrogen) atoms. The van der Waals surface area contributed by atoms with Crippen LogP contribution in [-0.4, -0.2) is 47.1 Å². The smallest absolute Gasteiger partial charge is 0.335 e. The van der Waals surface area contributed by atoms with Gasteiger partial charge in [0, 0.05) is 19.3 Å². The molecule has 0 radical (unpaired) electrons. The Balaban J connectivity index is 1.14. The van der Waals surface area contributed by atoms with Crippen molar-refractivity contribution in [3.05, 3.63) is 59.8 Å². The highest BCUT2D eigenvalue weighted by Gasteiger charge is 2.39. The highest BCUT2D eigenvalue weighted by atomic mass is 16.4. The number of nitrogens with one attached hydrogen (secondary N) is 1. The van der Waals surface area contributed by atoms with Crippen LogP contribution < -0.4 is 5.32 Å². The van der Waals surface area contributed by atoms with Gasteiger partial charge in [-0.1, -0.05) is 30.3 Å². The van der Waals surface area contributed by atoms with Crippen molar-refractivity contribution >= 4 is 11.8 Å². The molecule has 1 saturated heterocycles. The second kappa shape index (κ2) is 8.74. The van der Waals surface area contributed by atoms with Gasteiger partial charge in [-0.25, -0.2) is 9.78 Å². The Hall–Kier alpha value is -2.40. The molecule has 1 aromatic carbocycles. The molecule has 148 valence electrons. The third-order valence-corrected chi connectivity index (χ3v) is 6.23. The van der Waals surface area contributed by atoms with Crippen molar-refractivity contribution in [1.82, 2.24) is 9.88 Å². The summed E-state index contributed by atoms with van der Waals surface area (Å²) in [7, 11) is 0. The normalized spacial score (nSPS) is 22.7. The average molecular weight is 380 g/mol. The summed E-state index contributed by atoms with van der Waals surface area (Å²) in [6, 6.07) is 14.1. The molecule has 0 unspecified atom stereocenters. The number of benzene rings is 1. The van der Waals surface area contributed by atoms with Crippen LogP contribution in [0.15, 0.2) is 48.7 Å². The highest BCUT2D eigenvalue weighted by Crippen LogP contribution is 2.51. The van der Waals surface area contributed by atoms with Crippen LogP contribution in [0.2, 0.25) is 0 Å². The van der Waals surface area contributed by atoms with E-state index in [1.165, 1.54) is 43.5 Å². The zero-order valence-corrected chi connectivity index (χ0v) is 16.3. The monoisotopic (exact) mass is 379 g/mol. The van der Waals surface area contributed by atoms with E-state index in [1.54, 1.807) is 6.07 Å². The van der Waals surface area contributed by atoms with E-state index in [-0.39, 0.29) is 5.56 Å². The number of hydrogen-bond acceptors (Lipinski definition) is 4. The Kier molecular flexibility index (Phi) is 5.91. The Morgan fingerprint density at radius 1 is 1.18 bits per heavy atom. The number of carboxylic acids is 1. The molecule has 0 spiro atoms. The first-order valence-corrected chi connectivity index (χ1v) is 10.4. The number of piperidine rings is 1. The summed E-state index contributed by atoms with van der Waals surface area (Å²) < 4.78 is 0. The zero-order valence-electron chi connectivity index (χ0n) is 16.3. The lowest BCUT2D eigenvalue weighted by Gasteiger charge is -2.32. The van der Waals surface area contributed by atoms with Crippen LogP contribution in [0.1, 0.15) is 47.5 Å². The van der Waals surface area contributed by atoms with Crippen LogP contribution in [0.3, 0.4) is 0 Å². The fraction of sp³-hybridized carbons (Fsp3) is 0.478. The second-order valence-corrected chi connectivity index (χ2v) is 8.20. The molecule has 2 N–H and O–H groups in total. The quantitative estimate of drug-likeness (QED) is 0.723. The number of carboxylic acid groups (broad SMARTS) is 1. The van der Waals surface area contributed by atoms with Gasteiger partial charge in [-0.3, -0.25) is 0 Å². The van der Waals surface area contributed by atoms with E-state index < -0.39 is 5.97 Å². The van der Waals surface area contributed by atoms with Gasteiger partial charge in [-0.05, 0) is 74.2 Å². The van der Waals surface area contributed by atoms with Gasteiger partial charge >= 0.3 is 5.97 Å². The molecule has 5 nitrogen and oxygen atoms in total. The van der Waals surface area contributed by atoms with Gasteiger partial charge in [0.25, 0.3) is 0 Å². The summed E-state index contributed by atoms with van der Waals surface area (Å²) in [5, 5.41) is 12.3. The van der Waals surface area contributed by atoms with Crippen molar-refractivity contribution in [2.75, 3.05) is 31.5 Å². The van der Waals surface area contributed by atoms with Crippen LogP contribution in [0.4, 0.5) is 5.82 Å². The summed E-state index contributed by atoms with van der Waals surface area (Å²) >= 11 is 0. The first-order valence-electron chi connectivity index (χ1n) is 10.4. The molecule has 2 heterocycles. The fourth-order valence-electron chi connectivity index (χ4n) is 4.49. The van der Waals surface area contributed by atoms with E-state index in [0.717, 1.165) is 43.9 Å². The van der Waals surface area contributed by atoms with Crippen LogP contribution in [0.5, 0.6) is 0 Å². The second-order valence-electron chi connectivity index (χ2n) is 8.20. The lowest BCUT2D eigenvalue weighted by molar-refractivity contribution is 0.0697. The maximum atomic E-state index is 11.0. The van der Waals surface area contributed by atoms with Gasteiger partial charge in [-0.15, -0.1) is 0 Å². The maximum Gasteiger partial charge on any atom is 0.335 e. The summed E-state index contributed by atoms with van der Waals surface area (Å²) in [6.07, 6.45) is 6.89. The standard InChI is InChI=1S/C23H29N3O2/c27-23(28)19-6-9-24-22(16-19)25-10-13-26-11-7-17(8-12-26)14-20-15-21(20)18-4-2-1-3-5-18/h1-6,9,16-17,20-21H,7-8,10-15H2,(H,24,25)(H,27,28)/t20-,21+/m1/s1. The third-order valence-electron chi connectivity index (χ3n) is 6.23. The predicted molar refractivity (Wildman–Crippen MR) is 111 cm³/mol.